The third-order valence-electron chi connectivity index (χ3n) is 3.92. The van der Waals surface area contributed by atoms with Crippen molar-refractivity contribution in [2.45, 2.75) is 38.6 Å². The molecule has 1 saturated carbocycles. The molecule has 3 heteroatoms. The highest BCUT2D eigenvalue weighted by atomic mass is 35.5. The maximum atomic E-state index is 6.18. The van der Waals surface area contributed by atoms with Crippen molar-refractivity contribution in [1.82, 2.24) is 5.32 Å². The molecule has 1 aliphatic carbocycles. The van der Waals surface area contributed by atoms with E-state index < -0.39 is 0 Å². The van der Waals surface area contributed by atoms with Crippen LogP contribution in [0.4, 0.5) is 0 Å². The Labute approximate surface area is 120 Å². The molecule has 1 nitrogen and oxygen atoms in total. The summed E-state index contributed by atoms with van der Waals surface area (Å²) in [4.78, 5) is 0. The highest BCUT2D eigenvalue weighted by molar-refractivity contribution is 6.30. The third-order valence-corrected chi connectivity index (χ3v) is 4.72. The van der Waals surface area contributed by atoms with Crippen LogP contribution in [0.3, 0.4) is 0 Å². The van der Waals surface area contributed by atoms with Gasteiger partial charge in [0.15, 0.2) is 0 Å². The van der Waals surface area contributed by atoms with Gasteiger partial charge in [-0.05, 0) is 36.0 Å². The lowest BCUT2D eigenvalue weighted by molar-refractivity contribution is 0.212. The van der Waals surface area contributed by atoms with Gasteiger partial charge in [0.05, 0.1) is 0 Å². The standard InChI is InChI=1S/C15H21Cl2N/c16-11-15(7-2-1-3-8-15)12-18-10-13-5-4-6-14(17)9-13/h4-6,9,18H,1-3,7-8,10-12H2. The summed E-state index contributed by atoms with van der Waals surface area (Å²) in [6.07, 6.45) is 6.54. The molecular formula is C15H21Cl2N. The first-order valence-electron chi connectivity index (χ1n) is 6.75. The van der Waals surface area contributed by atoms with Gasteiger partial charge in [0, 0.05) is 24.0 Å². The minimum atomic E-state index is 0.318. The number of hydrogen-bond donors (Lipinski definition) is 1. The lowest BCUT2D eigenvalue weighted by Gasteiger charge is -2.35. The average molecular weight is 286 g/mol. The van der Waals surface area contributed by atoms with Crippen LogP contribution in [0.1, 0.15) is 37.7 Å². The van der Waals surface area contributed by atoms with Crippen molar-refractivity contribution in [1.29, 1.82) is 0 Å². The van der Waals surface area contributed by atoms with Crippen molar-refractivity contribution in [3.63, 3.8) is 0 Å². The first-order chi connectivity index (χ1) is 8.74. The van der Waals surface area contributed by atoms with E-state index in [1.807, 2.05) is 18.2 Å². The summed E-state index contributed by atoms with van der Waals surface area (Å²) in [5.74, 6) is 0.773. The molecule has 0 unspecified atom stereocenters. The van der Waals surface area contributed by atoms with Crippen molar-refractivity contribution in [2.75, 3.05) is 12.4 Å². The molecule has 1 aliphatic rings. The maximum Gasteiger partial charge on any atom is 0.0409 e. The van der Waals surface area contributed by atoms with E-state index in [-0.39, 0.29) is 0 Å². The quantitative estimate of drug-likeness (QED) is 0.779. The Hall–Kier alpha value is -0.240. The Morgan fingerprint density at radius 1 is 1.17 bits per heavy atom. The van der Waals surface area contributed by atoms with Crippen LogP contribution < -0.4 is 5.32 Å². The predicted octanol–water partition coefficient (Wildman–Crippen LogP) is 4.62. The van der Waals surface area contributed by atoms with E-state index in [4.69, 9.17) is 23.2 Å². The Bertz CT molecular complexity index is 373. The van der Waals surface area contributed by atoms with E-state index in [1.54, 1.807) is 0 Å². The van der Waals surface area contributed by atoms with E-state index in [9.17, 15) is 0 Å². The highest BCUT2D eigenvalue weighted by Crippen LogP contribution is 2.36. The van der Waals surface area contributed by atoms with Crippen LogP contribution in [0, 0.1) is 5.41 Å². The molecule has 0 bridgehead atoms. The van der Waals surface area contributed by atoms with Gasteiger partial charge in [-0.15, -0.1) is 11.6 Å². The molecular weight excluding hydrogens is 265 g/mol. The second-order valence-corrected chi connectivity index (χ2v) is 6.13. The van der Waals surface area contributed by atoms with Gasteiger partial charge in [-0.25, -0.2) is 0 Å². The van der Waals surface area contributed by atoms with Gasteiger partial charge in [-0.1, -0.05) is 43.0 Å². The Balaban J connectivity index is 1.83. The van der Waals surface area contributed by atoms with E-state index in [2.05, 4.69) is 11.4 Å². The van der Waals surface area contributed by atoms with Crippen LogP contribution in [0.25, 0.3) is 0 Å². The topological polar surface area (TPSA) is 12.0 Å². The van der Waals surface area contributed by atoms with E-state index in [1.165, 1.54) is 37.7 Å². The van der Waals surface area contributed by atoms with Crippen molar-refractivity contribution in [2.24, 2.45) is 5.41 Å². The van der Waals surface area contributed by atoms with Crippen LogP contribution in [-0.4, -0.2) is 12.4 Å². The van der Waals surface area contributed by atoms with Gasteiger partial charge in [0.25, 0.3) is 0 Å². The second kappa shape index (κ2) is 6.79. The minimum Gasteiger partial charge on any atom is -0.312 e. The summed E-state index contributed by atoms with van der Waals surface area (Å²) in [5.41, 5.74) is 1.56. The molecule has 0 atom stereocenters. The Kier molecular flexibility index (Phi) is 5.35. The summed E-state index contributed by atoms with van der Waals surface area (Å²) < 4.78 is 0. The van der Waals surface area contributed by atoms with Crippen LogP contribution in [0.2, 0.25) is 5.02 Å². The summed E-state index contributed by atoms with van der Waals surface area (Å²) in [7, 11) is 0. The molecule has 0 aromatic heterocycles. The molecule has 18 heavy (non-hydrogen) atoms. The fraction of sp³-hybridized carbons (Fsp3) is 0.600. The molecule has 1 N–H and O–H groups in total. The van der Waals surface area contributed by atoms with Crippen LogP contribution >= 0.6 is 23.2 Å². The summed E-state index contributed by atoms with van der Waals surface area (Å²) >= 11 is 12.2. The largest absolute Gasteiger partial charge is 0.312 e. The lowest BCUT2D eigenvalue weighted by Crippen LogP contribution is -2.37. The Morgan fingerprint density at radius 3 is 2.61 bits per heavy atom. The van der Waals surface area contributed by atoms with Gasteiger partial charge in [0.1, 0.15) is 0 Å². The molecule has 2 rings (SSSR count). The summed E-state index contributed by atoms with van der Waals surface area (Å²) in [5, 5.41) is 4.35. The minimum absolute atomic E-state index is 0.318. The zero-order valence-electron chi connectivity index (χ0n) is 10.7. The number of halogens is 2. The van der Waals surface area contributed by atoms with Crippen LogP contribution in [0.5, 0.6) is 0 Å². The van der Waals surface area contributed by atoms with Crippen molar-refractivity contribution in [3.8, 4) is 0 Å². The normalized spacial score (nSPS) is 18.8. The van der Waals surface area contributed by atoms with Crippen LogP contribution in [0.15, 0.2) is 24.3 Å². The fourth-order valence-corrected chi connectivity index (χ4v) is 3.35. The van der Waals surface area contributed by atoms with E-state index in [0.717, 1.165) is 24.0 Å². The van der Waals surface area contributed by atoms with Gasteiger partial charge < -0.3 is 5.32 Å². The number of alkyl halides is 1. The Morgan fingerprint density at radius 2 is 1.94 bits per heavy atom. The summed E-state index contributed by atoms with van der Waals surface area (Å²) in [6.45, 7) is 1.89. The van der Waals surface area contributed by atoms with Crippen molar-refractivity contribution >= 4 is 23.2 Å². The SMILES string of the molecule is ClCC1(CNCc2cccc(Cl)c2)CCCCC1. The van der Waals surface area contributed by atoms with Crippen molar-refractivity contribution in [3.05, 3.63) is 34.9 Å². The first-order valence-corrected chi connectivity index (χ1v) is 7.66. The molecule has 0 aliphatic heterocycles. The molecule has 0 spiro atoms. The average Bonchev–Trinajstić information content (AvgIpc) is 2.40. The molecule has 1 aromatic carbocycles. The second-order valence-electron chi connectivity index (χ2n) is 5.43. The van der Waals surface area contributed by atoms with E-state index >= 15 is 0 Å². The van der Waals surface area contributed by atoms with Gasteiger partial charge >= 0.3 is 0 Å². The van der Waals surface area contributed by atoms with Gasteiger partial charge in [0.2, 0.25) is 0 Å². The predicted molar refractivity (Wildman–Crippen MR) is 79.4 cm³/mol. The summed E-state index contributed by atoms with van der Waals surface area (Å²) in [6, 6.07) is 8.03. The van der Waals surface area contributed by atoms with Gasteiger partial charge in [-0.3, -0.25) is 0 Å². The molecule has 100 valence electrons. The fourth-order valence-electron chi connectivity index (χ4n) is 2.78. The van der Waals surface area contributed by atoms with E-state index in [0.29, 0.717) is 5.41 Å². The van der Waals surface area contributed by atoms with Crippen molar-refractivity contribution < 1.29 is 0 Å². The number of nitrogens with one attached hydrogen (secondary N) is 1. The monoisotopic (exact) mass is 285 g/mol. The number of hydrogen-bond acceptors (Lipinski definition) is 1. The zero-order chi connectivity index (χ0) is 12.8. The molecule has 0 heterocycles. The molecule has 0 amide bonds. The molecule has 0 saturated heterocycles. The maximum absolute atomic E-state index is 6.18. The molecule has 1 aromatic rings. The molecule has 0 radical (unpaired) electrons. The smallest absolute Gasteiger partial charge is 0.0409 e. The number of rotatable bonds is 5. The highest BCUT2D eigenvalue weighted by Gasteiger charge is 2.30. The number of benzene rings is 1. The zero-order valence-corrected chi connectivity index (χ0v) is 12.2. The first kappa shape index (κ1) is 14.2. The lowest BCUT2D eigenvalue weighted by atomic mass is 9.75. The third kappa shape index (κ3) is 3.88. The van der Waals surface area contributed by atoms with Crippen LogP contribution in [-0.2, 0) is 6.54 Å². The van der Waals surface area contributed by atoms with Gasteiger partial charge in [-0.2, -0.15) is 0 Å². The molecule has 1 fully saturated rings.